The molecule has 0 unspecified atom stereocenters. The maximum absolute atomic E-state index is 14.4. The molecular formula is C25H25FN2O4. The van der Waals surface area contributed by atoms with Gasteiger partial charge in [-0.25, -0.2) is 4.39 Å². The molecule has 1 amide bonds. The predicted octanol–water partition coefficient (Wildman–Crippen LogP) is 4.26. The van der Waals surface area contributed by atoms with Crippen LogP contribution in [-0.2, 0) is 27.3 Å². The molecule has 0 aliphatic heterocycles. The Morgan fingerprint density at radius 3 is 2.53 bits per heavy atom. The van der Waals surface area contributed by atoms with E-state index in [0.29, 0.717) is 35.7 Å². The van der Waals surface area contributed by atoms with Crippen molar-refractivity contribution in [3.05, 3.63) is 83.4 Å². The lowest BCUT2D eigenvalue weighted by atomic mass is 10.1. The molecule has 0 saturated heterocycles. The van der Waals surface area contributed by atoms with Gasteiger partial charge >= 0.3 is 6.15 Å². The summed E-state index contributed by atoms with van der Waals surface area (Å²) >= 11 is 0. The van der Waals surface area contributed by atoms with Crippen LogP contribution in [0.25, 0.3) is 11.1 Å². The minimum atomic E-state index is -0.357. The summed E-state index contributed by atoms with van der Waals surface area (Å²) in [6.07, 6.45) is 2.89. The second-order valence-electron chi connectivity index (χ2n) is 7.05. The van der Waals surface area contributed by atoms with Crippen molar-refractivity contribution in [2.24, 2.45) is 0 Å². The van der Waals surface area contributed by atoms with Crippen LogP contribution in [0.1, 0.15) is 30.2 Å². The number of aryl methyl sites for hydroxylation is 1. The monoisotopic (exact) mass is 436 g/mol. The van der Waals surface area contributed by atoms with E-state index >= 15 is 0 Å². The summed E-state index contributed by atoms with van der Waals surface area (Å²) in [5, 5.41) is 2.90. The number of hydrogen-bond acceptors (Lipinski definition) is 5. The van der Waals surface area contributed by atoms with E-state index in [1.165, 1.54) is 6.07 Å². The van der Waals surface area contributed by atoms with Crippen molar-refractivity contribution in [3.8, 4) is 16.9 Å². The topological polar surface area (TPSA) is 85.4 Å². The fourth-order valence-electron chi connectivity index (χ4n) is 2.98. The zero-order chi connectivity index (χ0) is 23.3. The quantitative estimate of drug-likeness (QED) is 0.570. The Morgan fingerprint density at radius 1 is 1.12 bits per heavy atom. The molecule has 0 aliphatic rings. The smallest absolute Gasteiger partial charge is 0.373 e. The lowest BCUT2D eigenvalue weighted by Gasteiger charge is -2.09. The van der Waals surface area contributed by atoms with Crippen molar-refractivity contribution in [2.45, 2.75) is 33.2 Å². The maximum Gasteiger partial charge on any atom is 0.373 e. The van der Waals surface area contributed by atoms with Crippen LogP contribution in [-0.4, -0.2) is 23.6 Å². The zero-order valence-corrected chi connectivity index (χ0v) is 18.1. The summed E-state index contributed by atoms with van der Waals surface area (Å²) < 4.78 is 19.8. The van der Waals surface area contributed by atoms with E-state index in [1.54, 1.807) is 30.5 Å². The SMILES string of the molecule is CCCOc1ccc(-c2ccc(CC(=O)NCc3cccc(C)c3)nc2)c(F)c1.O=C=O. The Bertz CT molecular complexity index is 1060. The number of nitrogens with one attached hydrogen (secondary N) is 1. The third-order valence-electron chi connectivity index (χ3n) is 4.46. The van der Waals surface area contributed by atoms with Crippen molar-refractivity contribution in [3.63, 3.8) is 0 Å². The maximum atomic E-state index is 14.4. The van der Waals surface area contributed by atoms with Crippen LogP contribution < -0.4 is 10.1 Å². The first-order valence-electron chi connectivity index (χ1n) is 10.2. The molecule has 1 N–H and O–H groups in total. The minimum absolute atomic E-state index is 0.102. The fourth-order valence-corrected chi connectivity index (χ4v) is 2.98. The second kappa shape index (κ2) is 12.8. The van der Waals surface area contributed by atoms with Crippen LogP contribution in [0.3, 0.4) is 0 Å². The molecular weight excluding hydrogens is 411 g/mol. The molecule has 32 heavy (non-hydrogen) atoms. The highest BCUT2D eigenvalue weighted by atomic mass is 19.1. The minimum Gasteiger partial charge on any atom is -0.494 e. The predicted molar refractivity (Wildman–Crippen MR) is 117 cm³/mol. The third kappa shape index (κ3) is 7.78. The highest BCUT2D eigenvalue weighted by molar-refractivity contribution is 5.78. The molecule has 0 radical (unpaired) electrons. The van der Waals surface area contributed by atoms with Gasteiger partial charge in [-0.3, -0.25) is 9.78 Å². The summed E-state index contributed by atoms with van der Waals surface area (Å²) in [7, 11) is 0. The third-order valence-corrected chi connectivity index (χ3v) is 4.46. The number of pyridine rings is 1. The number of amides is 1. The van der Waals surface area contributed by atoms with Gasteiger partial charge in [-0.1, -0.05) is 42.8 Å². The number of rotatable bonds is 8. The first-order valence-corrected chi connectivity index (χ1v) is 10.2. The summed E-state index contributed by atoms with van der Waals surface area (Å²) in [5.74, 6) is 0.0578. The fraction of sp³-hybridized carbons (Fsp3) is 0.240. The van der Waals surface area contributed by atoms with E-state index in [1.807, 2.05) is 38.1 Å². The van der Waals surface area contributed by atoms with Gasteiger partial charge in [0.1, 0.15) is 11.6 Å². The average molecular weight is 436 g/mol. The van der Waals surface area contributed by atoms with Crippen LogP contribution in [0.2, 0.25) is 0 Å². The normalized spacial score (nSPS) is 9.84. The Morgan fingerprint density at radius 2 is 1.91 bits per heavy atom. The van der Waals surface area contributed by atoms with Gasteiger partial charge in [0.05, 0.1) is 13.0 Å². The molecule has 0 atom stereocenters. The molecule has 0 aliphatic carbocycles. The number of halogens is 1. The van der Waals surface area contributed by atoms with Crippen molar-refractivity contribution >= 4 is 12.1 Å². The van der Waals surface area contributed by atoms with Gasteiger partial charge in [-0.15, -0.1) is 0 Å². The highest BCUT2D eigenvalue weighted by Crippen LogP contribution is 2.26. The van der Waals surface area contributed by atoms with Gasteiger partial charge in [0.25, 0.3) is 0 Å². The largest absolute Gasteiger partial charge is 0.494 e. The Balaban J connectivity index is 0.00000114. The number of ether oxygens (including phenoxy) is 1. The van der Waals surface area contributed by atoms with Gasteiger partial charge in [-0.2, -0.15) is 9.59 Å². The Labute approximate surface area is 186 Å². The van der Waals surface area contributed by atoms with Gasteiger partial charge in [0.15, 0.2) is 0 Å². The van der Waals surface area contributed by atoms with Crippen molar-refractivity contribution in [1.82, 2.24) is 10.3 Å². The molecule has 3 rings (SSSR count). The van der Waals surface area contributed by atoms with Crippen molar-refractivity contribution in [2.75, 3.05) is 6.61 Å². The lowest BCUT2D eigenvalue weighted by Crippen LogP contribution is -2.24. The van der Waals surface area contributed by atoms with Crippen LogP contribution in [0.4, 0.5) is 4.39 Å². The molecule has 6 nitrogen and oxygen atoms in total. The molecule has 1 aromatic heterocycles. The highest BCUT2D eigenvalue weighted by Gasteiger charge is 2.09. The molecule has 166 valence electrons. The first-order chi connectivity index (χ1) is 15.5. The number of carbonyl (C=O) groups excluding carboxylic acids is 3. The van der Waals surface area contributed by atoms with E-state index < -0.39 is 0 Å². The zero-order valence-electron chi connectivity index (χ0n) is 18.1. The molecule has 1 heterocycles. The molecule has 0 bridgehead atoms. The van der Waals surface area contributed by atoms with Gasteiger partial charge in [0, 0.05) is 35.6 Å². The van der Waals surface area contributed by atoms with Gasteiger partial charge in [0.2, 0.25) is 5.91 Å². The molecule has 0 spiro atoms. The van der Waals surface area contributed by atoms with E-state index in [4.69, 9.17) is 14.3 Å². The number of nitrogens with zero attached hydrogens (tertiary/aromatic N) is 1. The lowest BCUT2D eigenvalue weighted by molar-refractivity contribution is -0.191. The van der Waals surface area contributed by atoms with E-state index in [2.05, 4.69) is 10.3 Å². The van der Waals surface area contributed by atoms with Gasteiger partial charge in [-0.05, 0) is 37.1 Å². The number of benzene rings is 2. The van der Waals surface area contributed by atoms with E-state index in [0.717, 1.165) is 17.5 Å². The summed E-state index contributed by atoms with van der Waals surface area (Å²) in [6.45, 7) is 5.06. The molecule has 3 aromatic rings. The Kier molecular flexibility index (Phi) is 9.75. The van der Waals surface area contributed by atoms with Crippen LogP contribution in [0.15, 0.2) is 60.8 Å². The van der Waals surface area contributed by atoms with E-state index in [9.17, 15) is 9.18 Å². The van der Waals surface area contributed by atoms with Crippen molar-refractivity contribution < 1.29 is 23.5 Å². The van der Waals surface area contributed by atoms with Crippen LogP contribution in [0.5, 0.6) is 5.75 Å². The Hall–Kier alpha value is -3.83. The number of carbonyl (C=O) groups is 1. The van der Waals surface area contributed by atoms with Crippen molar-refractivity contribution in [1.29, 1.82) is 0 Å². The molecule has 0 saturated carbocycles. The van der Waals surface area contributed by atoms with E-state index in [-0.39, 0.29) is 24.3 Å². The standard InChI is InChI=1S/C24H25FN2O2.CO2/c1-3-11-29-21-9-10-22(23(25)14-21)19-7-8-20(26-16-19)13-24(28)27-15-18-6-4-5-17(2)12-18;2-1-3/h4-10,12,14,16H,3,11,13,15H2,1-2H3,(H,27,28);. The molecule has 0 fully saturated rings. The molecule has 7 heteroatoms. The number of hydrogen-bond donors (Lipinski definition) is 1. The van der Waals surface area contributed by atoms with Crippen LogP contribution in [0, 0.1) is 12.7 Å². The van der Waals surface area contributed by atoms with Gasteiger partial charge < -0.3 is 10.1 Å². The average Bonchev–Trinajstić information content (AvgIpc) is 2.78. The molecule has 2 aromatic carbocycles. The van der Waals surface area contributed by atoms with Crippen LogP contribution >= 0.6 is 0 Å². The number of aromatic nitrogens is 1. The summed E-state index contributed by atoms with van der Waals surface area (Å²) in [6, 6.07) is 16.4. The second-order valence-corrected chi connectivity index (χ2v) is 7.05. The first kappa shape index (κ1) is 24.4. The summed E-state index contributed by atoms with van der Waals surface area (Å²) in [4.78, 5) is 32.7. The summed E-state index contributed by atoms with van der Waals surface area (Å²) in [5.41, 5.74) is 3.97.